The van der Waals surface area contributed by atoms with Crippen LogP contribution in [0.1, 0.15) is 27.2 Å². The van der Waals surface area contributed by atoms with Crippen LogP contribution in [0.15, 0.2) is 0 Å². The Hall–Kier alpha value is 0.213. The Morgan fingerprint density at radius 1 is 1.62 bits per heavy atom. The Labute approximate surface area is 59.1 Å². The van der Waals surface area contributed by atoms with E-state index in [-0.39, 0.29) is 10.0 Å². The Balaban J connectivity index is 3.55. The maximum absolute atomic E-state index is 10.5. The molecule has 0 atom stereocenters. The summed E-state index contributed by atoms with van der Waals surface area (Å²) in [7, 11) is 0. The zero-order valence-electron chi connectivity index (χ0n) is 5.62. The molecule has 0 N–H and O–H groups in total. The SMILES string of the molecule is CC(=O)C[C](C)(C)[Ge]. The van der Waals surface area contributed by atoms with Crippen molar-refractivity contribution < 1.29 is 4.79 Å². The van der Waals surface area contributed by atoms with E-state index in [0.29, 0.717) is 6.42 Å². The Morgan fingerprint density at radius 2 is 2.00 bits per heavy atom. The second-order valence-electron chi connectivity index (χ2n) is 2.76. The van der Waals surface area contributed by atoms with Gasteiger partial charge in [-0.1, -0.05) is 0 Å². The van der Waals surface area contributed by atoms with Crippen LogP contribution in [0, 0.1) is 0 Å². The van der Waals surface area contributed by atoms with Gasteiger partial charge in [0.15, 0.2) is 0 Å². The Morgan fingerprint density at radius 3 is 2.00 bits per heavy atom. The average molecular weight is 172 g/mol. The first kappa shape index (κ1) is 8.21. The summed E-state index contributed by atoms with van der Waals surface area (Å²) in [6.07, 6.45) is 0.687. The topological polar surface area (TPSA) is 17.1 Å². The van der Waals surface area contributed by atoms with Crippen molar-refractivity contribution >= 4 is 22.3 Å². The molecule has 0 aliphatic carbocycles. The van der Waals surface area contributed by atoms with E-state index in [2.05, 4.69) is 30.4 Å². The Kier molecular flexibility index (Phi) is 2.74. The van der Waals surface area contributed by atoms with Crippen LogP contribution in [0.3, 0.4) is 0 Å². The molecule has 0 heterocycles. The first-order valence-electron chi connectivity index (χ1n) is 2.66. The molecule has 0 aromatic carbocycles. The third-order valence-electron chi connectivity index (χ3n) is 0.691. The van der Waals surface area contributed by atoms with Gasteiger partial charge in [0.25, 0.3) is 0 Å². The third-order valence-corrected chi connectivity index (χ3v) is 1.06. The molecule has 0 amide bonds. The van der Waals surface area contributed by atoms with Gasteiger partial charge in [0.1, 0.15) is 0 Å². The van der Waals surface area contributed by atoms with Crippen LogP contribution >= 0.6 is 0 Å². The van der Waals surface area contributed by atoms with Crippen molar-refractivity contribution in [2.45, 2.75) is 31.4 Å². The summed E-state index contributed by atoms with van der Waals surface area (Å²) in [5.41, 5.74) is 0. The molecule has 8 heavy (non-hydrogen) atoms. The van der Waals surface area contributed by atoms with Crippen molar-refractivity contribution in [3.8, 4) is 0 Å². The molecule has 0 unspecified atom stereocenters. The average Bonchev–Trinajstić information content (AvgIpc) is 1.21. The normalized spacial score (nSPS) is 11.5. The summed E-state index contributed by atoms with van der Waals surface area (Å²) in [6, 6.07) is 0. The standard InChI is InChI=1S/C6H11GeO/c1-5(8)4-6(2,3)7/h4H2,1-3H3. The molecular weight excluding hydrogens is 161 g/mol. The van der Waals surface area contributed by atoms with Gasteiger partial charge in [-0.2, -0.15) is 0 Å². The van der Waals surface area contributed by atoms with Crippen LogP contribution in [-0.2, 0) is 4.79 Å². The van der Waals surface area contributed by atoms with Gasteiger partial charge >= 0.3 is 58.5 Å². The quantitative estimate of drug-likeness (QED) is 0.574. The van der Waals surface area contributed by atoms with Crippen LogP contribution in [-0.4, -0.2) is 22.3 Å². The van der Waals surface area contributed by atoms with Crippen LogP contribution in [0.25, 0.3) is 0 Å². The molecule has 0 aromatic heterocycles. The molecule has 0 rings (SSSR count). The number of hydrogen-bond donors (Lipinski definition) is 0. The molecule has 0 fully saturated rings. The molecule has 0 spiro atoms. The number of ketones is 1. The van der Waals surface area contributed by atoms with E-state index in [9.17, 15) is 4.79 Å². The summed E-state index contributed by atoms with van der Waals surface area (Å²) in [5.74, 6) is 0.275. The van der Waals surface area contributed by atoms with Gasteiger partial charge in [0.05, 0.1) is 0 Å². The van der Waals surface area contributed by atoms with E-state index in [1.54, 1.807) is 6.92 Å². The van der Waals surface area contributed by atoms with Crippen LogP contribution in [0.5, 0.6) is 0 Å². The Bertz CT molecular complexity index is 91.2. The van der Waals surface area contributed by atoms with Crippen LogP contribution in [0.2, 0.25) is 4.25 Å². The molecule has 3 radical (unpaired) electrons. The molecule has 0 bridgehead atoms. The van der Waals surface area contributed by atoms with E-state index in [1.807, 2.05) is 0 Å². The zero-order valence-corrected chi connectivity index (χ0v) is 7.71. The molecule has 0 aliphatic heterocycles. The van der Waals surface area contributed by atoms with Gasteiger partial charge < -0.3 is 0 Å². The first-order valence-corrected chi connectivity index (χ1v) is 3.71. The molecule has 0 aliphatic rings. The first-order chi connectivity index (χ1) is 3.42. The second kappa shape index (κ2) is 2.67. The van der Waals surface area contributed by atoms with Gasteiger partial charge in [0, 0.05) is 0 Å². The summed E-state index contributed by atoms with van der Waals surface area (Å²) >= 11 is 2.06. The maximum atomic E-state index is 10.5. The molecule has 0 saturated carbocycles. The van der Waals surface area contributed by atoms with E-state index in [4.69, 9.17) is 0 Å². The molecule has 45 valence electrons. The van der Waals surface area contributed by atoms with E-state index < -0.39 is 0 Å². The summed E-state index contributed by atoms with van der Waals surface area (Å²) in [6.45, 7) is 5.76. The molecule has 0 aromatic rings. The zero-order chi connectivity index (χ0) is 6.78. The fourth-order valence-corrected chi connectivity index (χ4v) is 1.14. The van der Waals surface area contributed by atoms with Crippen molar-refractivity contribution in [1.29, 1.82) is 0 Å². The molecule has 0 saturated heterocycles. The number of carbonyl (C=O) groups is 1. The summed E-state index contributed by atoms with van der Waals surface area (Å²) < 4.78 is 0.172. The minimum atomic E-state index is 0.172. The van der Waals surface area contributed by atoms with Crippen LogP contribution < -0.4 is 0 Å². The molecular formula is C6H11GeO. The predicted molar refractivity (Wildman–Crippen MR) is 35.1 cm³/mol. The van der Waals surface area contributed by atoms with Crippen molar-refractivity contribution in [3.63, 3.8) is 0 Å². The van der Waals surface area contributed by atoms with Crippen molar-refractivity contribution in [2.24, 2.45) is 0 Å². The van der Waals surface area contributed by atoms with Gasteiger partial charge in [-0.15, -0.1) is 0 Å². The van der Waals surface area contributed by atoms with Gasteiger partial charge in [-0.3, -0.25) is 0 Å². The van der Waals surface area contributed by atoms with Crippen molar-refractivity contribution in [2.75, 3.05) is 0 Å². The van der Waals surface area contributed by atoms with E-state index in [0.717, 1.165) is 0 Å². The predicted octanol–water partition coefficient (Wildman–Crippen LogP) is 1.33. The number of rotatable bonds is 2. The van der Waals surface area contributed by atoms with Gasteiger partial charge in [-0.25, -0.2) is 0 Å². The van der Waals surface area contributed by atoms with E-state index in [1.165, 1.54) is 0 Å². The minimum absolute atomic E-state index is 0.172. The van der Waals surface area contributed by atoms with Crippen molar-refractivity contribution in [3.05, 3.63) is 0 Å². The molecule has 2 heteroatoms. The number of hydrogen-bond acceptors (Lipinski definition) is 1. The van der Waals surface area contributed by atoms with Crippen molar-refractivity contribution in [1.82, 2.24) is 0 Å². The fourth-order valence-electron chi connectivity index (χ4n) is 0.622. The van der Waals surface area contributed by atoms with Gasteiger partial charge in [0.2, 0.25) is 0 Å². The third kappa shape index (κ3) is 6.21. The summed E-state index contributed by atoms with van der Waals surface area (Å²) in [5, 5.41) is 0. The van der Waals surface area contributed by atoms with Gasteiger partial charge in [-0.05, 0) is 0 Å². The van der Waals surface area contributed by atoms with Crippen LogP contribution in [0.4, 0.5) is 0 Å². The molecule has 1 nitrogen and oxygen atoms in total. The second-order valence-corrected chi connectivity index (χ2v) is 5.60. The fraction of sp³-hybridized carbons (Fsp3) is 0.833. The number of Topliss-reactive ketones (excluding diaryl/α,β-unsaturated/α-hetero) is 1. The number of carbonyl (C=O) groups excluding carboxylic acids is 1. The summed E-state index contributed by atoms with van der Waals surface area (Å²) in [4.78, 5) is 10.5. The monoisotopic (exact) mass is 173 g/mol. The van der Waals surface area contributed by atoms with E-state index >= 15 is 0 Å².